The molecule has 158 valence electrons. The van der Waals surface area contributed by atoms with Gasteiger partial charge in [-0.2, -0.15) is 0 Å². The van der Waals surface area contributed by atoms with Crippen LogP contribution in [-0.4, -0.2) is 32.3 Å². The molecule has 0 aliphatic heterocycles. The number of anilines is 1. The minimum Gasteiger partial charge on any atom is -0.383 e. The van der Waals surface area contributed by atoms with Crippen molar-refractivity contribution in [2.24, 2.45) is 4.99 Å². The van der Waals surface area contributed by atoms with Crippen LogP contribution < -0.4 is 5.73 Å². The van der Waals surface area contributed by atoms with Crippen LogP contribution in [0.3, 0.4) is 0 Å². The van der Waals surface area contributed by atoms with Crippen LogP contribution in [0.2, 0.25) is 0 Å². The van der Waals surface area contributed by atoms with E-state index in [2.05, 4.69) is 41.9 Å². The molecule has 2 aromatic carbocycles. The third kappa shape index (κ3) is 3.52. The molecule has 3 aromatic heterocycles. The molecule has 0 fully saturated rings. The van der Waals surface area contributed by atoms with Crippen molar-refractivity contribution >= 4 is 49.4 Å². The Balaban J connectivity index is 1.65. The second-order valence-electron chi connectivity index (χ2n) is 7.34. The molecule has 0 aliphatic carbocycles. The molecular weight excluding hydrogens is 471 g/mol. The molecule has 5 aromatic rings. The number of hydrogen-bond donors (Lipinski definition) is 1. The van der Waals surface area contributed by atoms with Gasteiger partial charge < -0.3 is 10.3 Å². The molecule has 0 saturated carbocycles. The highest BCUT2D eigenvalue weighted by molar-refractivity contribution is 9.10. The fraction of sp³-hybridized carbons (Fsp3) is 0.0833. The maximum atomic E-state index is 13.6. The number of nitrogens with two attached hydrogens (primary N) is 1. The fourth-order valence-corrected chi connectivity index (χ4v) is 4.45. The number of pyridine rings is 1. The number of rotatable bonds is 4. The Kier molecular flexibility index (Phi) is 5.14. The van der Waals surface area contributed by atoms with Crippen molar-refractivity contribution in [1.82, 2.24) is 19.5 Å². The maximum Gasteiger partial charge on any atom is 0.146 e. The number of hydrogen-bond acceptors (Lipinski definition) is 5. The van der Waals surface area contributed by atoms with E-state index >= 15 is 0 Å². The summed E-state index contributed by atoms with van der Waals surface area (Å²) in [6.07, 6.45) is 5.27. The third-order valence-electron chi connectivity index (χ3n) is 5.42. The van der Waals surface area contributed by atoms with Gasteiger partial charge in [-0.15, -0.1) is 0 Å². The Morgan fingerprint density at radius 3 is 2.78 bits per heavy atom. The number of halogens is 2. The molecular formula is C24H18BrFN6. The van der Waals surface area contributed by atoms with Gasteiger partial charge in [0.1, 0.15) is 23.6 Å². The van der Waals surface area contributed by atoms with Gasteiger partial charge in [0.15, 0.2) is 0 Å². The smallest absolute Gasteiger partial charge is 0.146 e. The normalized spacial score (nSPS) is 12.0. The molecule has 0 aliphatic rings. The highest BCUT2D eigenvalue weighted by Gasteiger charge is 2.18. The van der Waals surface area contributed by atoms with E-state index in [1.165, 1.54) is 18.5 Å². The molecule has 32 heavy (non-hydrogen) atoms. The Morgan fingerprint density at radius 1 is 1.12 bits per heavy atom. The zero-order valence-electron chi connectivity index (χ0n) is 17.1. The highest BCUT2D eigenvalue weighted by Crippen LogP contribution is 2.34. The van der Waals surface area contributed by atoms with Crippen molar-refractivity contribution in [3.63, 3.8) is 0 Å². The molecule has 6 nitrogen and oxygen atoms in total. The van der Waals surface area contributed by atoms with E-state index in [9.17, 15) is 4.39 Å². The first-order valence-corrected chi connectivity index (χ1v) is 10.7. The fourth-order valence-electron chi connectivity index (χ4n) is 3.87. The van der Waals surface area contributed by atoms with E-state index < -0.39 is 0 Å². The average Bonchev–Trinajstić information content (AvgIpc) is 3.17. The summed E-state index contributed by atoms with van der Waals surface area (Å²) in [5.41, 5.74) is 11.3. The summed E-state index contributed by atoms with van der Waals surface area (Å²) in [7, 11) is 1.72. The number of nitrogens with zero attached hydrogens (tertiary/aromatic N) is 5. The Labute approximate surface area is 191 Å². The van der Waals surface area contributed by atoms with Gasteiger partial charge in [0.25, 0.3) is 0 Å². The van der Waals surface area contributed by atoms with E-state index in [0.29, 0.717) is 22.5 Å². The minimum atomic E-state index is -0.311. The predicted molar refractivity (Wildman–Crippen MR) is 129 cm³/mol. The lowest BCUT2D eigenvalue weighted by Gasteiger charge is -2.10. The van der Waals surface area contributed by atoms with Crippen LogP contribution in [0.15, 0.2) is 76.7 Å². The van der Waals surface area contributed by atoms with Crippen molar-refractivity contribution < 1.29 is 4.39 Å². The van der Waals surface area contributed by atoms with Gasteiger partial charge >= 0.3 is 0 Å². The summed E-state index contributed by atoms with van der Waals surface area (Å²) in [5.74, 6) is 0.0870. The first-order valence-electron chi connectivity index (χ1n) is 9.90. The molecule has 0 spiro atoms. The van der Waals surface area contributed by atoms with Gasteiger partial charge in [-0.05, 0) is 30.3 Å². The van der Waals surface area contributed by atoms with Crippen LogP contribution in [0.25, 0.3) is 33.1 Å². The minimum absolute atomic E-state index is 0.311. The maximum absolute atomic E-state index is 13.6. The molecule has 0 radical (unpaired) electrons. The number of benzene rings is 2. The average molecular weight is 489 g/mol. The van der Waals surface area contributed by atoms with Gasteiger partial charge in [0.05, 0.1) is 23.2 Å². The van der Waals surface area contributed by atoms with Crippen LogP contribution in [0.5, 0.6) is 0 Å². The van der Waals surface area contributed by atoms with Crippen LogP contribution in [-0.2, 0) is 6.54 Å². The first-order chi connectivity index (χ1) is 15.5. The van der Waals surface area contributed by atoms with Gasteiger partial charge in [0, 0.05) is 46.0 Å². The third-order valence-corrected chi connectivity index (χ3v) is 6.07. The highest BCUT2D eigenvalue weighted by atomic mass is 79.9. The van der Waals surface area contributed by atoms with Crippen molar-refractivity contribution in [2.45, 2.75) is 6.54 Å². The quantitative estimate of drug-likeness (QED) is 0.350. The van der Waals surface area contributed by atoms with Gasteiger partial charge in [-0.1, -0.05) is 34.1 Å². The summed E-state index contributed by atoms with van der Waals surface area (Å²) in [4.78, 5) is 17.7. The molecule has 0 saturated heterocycles. The summed E-state index contributed by atoms with van der Waals surface area (Å²) >= 11 is 3.44. The Morgan fingerprint density at radius 2 is 1.97 bits per heavy atom. The molecule has 0 amide bonds. The van der Waals surface area contributed by atoms with Crippen LogP contribution in [0.1, 0.15) is 5.56 Å². The first kappa shape index (κ1) is 20.3. The largest absolute Gasteiger partial charge is 0.383 e. The Bertz CT molecular complexity index is 1510. The van der Waals surface area contributed by atoms with E-state index in [4.69, 9.17) is 5.73 Å². The summed E-state index contributed by atoms with van der Waals surface area (Å²) in [5, 5.41) is 1.80. The van der Waals surface area contributed by atoms with E-state index in [-0.39, 0.29) is 5.82 Å². The topological polar surface area (TPSA) is 82.0 Å². The van der Waals surface area contributed by atoms with Crippen molar-refractivity contribution in [3.8, 4) is 11.1 Å². The standard InChI is InChI=1S/C24H18BrFN6/c1-28-21(17-7-6-16(26)9-19(17)25)12-32-11-18(22-23(27)30-13-31-24(22)32)15-8-14-4-2-3-5-20(14)29-10-15/h2-11,13H,12H2,1H3,(H2,27,30,31). The molecule has 0 atom stereocenters. The van der Waals surface area contributed by atoms with E-state index in [1.54, 1.807) is 13.1 Å². The zero-order chi connectivity index (χ0) is 22.2. The molecule has 8 heteroatoms. The number of para-hydroxylation sites is 1. The molecule has 5 rings (SSSR count). The number of nitrogen functional groups attached to an aromatic ring is 1. The molecule has 2 N–H and O–H groups in total. The SMILES string of the molecule is CN=C(Cn1cc(-c2cnc3ccccc3c2)c2c(N)ncnc21)c1ccc(F)cc1Br. The van der Waals surface area contributed by atoms with Crippen molar-refractivity contribution in [1.29, 1.82) is 0 Å². The molecule has 3 heterocycles. The summed E-state index contributed by atoms with van der Waals surface area (Å²) < 4.78 is 16.2. The summed E-state index contributed by atoms with van der Waals surface area (Å²) in [6.45, 7) is 0.425. The zero-order valence-corrected chi connectivity index (χ0v) is 18.7. The number of fused-ring (bicyclic) bond motifs is 2. The van der Waals surface area contributed by atoms with Gasteiger partial charge in [0.2, 0.25) is 0 Å². The lowest BCUT2D eigenvalue weighted by Crippen LogP contribution is -2.12. The van der Waals surface area contributed by atoms with Crippen LogP contribution in [0, 0.1) is 5.82 Å². The van der Waals surface area contributed by atoms with Gasteiger partial charge in [-0.25, -0.2) is 14.4 Å². The van der Waals surface area contributed by atoms with Crippen LogP contribution in [0.4, 0.5) is 10.2 Å². The predicted octanol–water partition coefficient (Wildman–Crippen LogP) is 5.25. The molecule has 0 unspecified atom stereocenters. The number of aromatic nitrogens is 4. The summed E-state index contributed by atoms with van der Waals surface area (Å²) in [6, 6.07) is 14.6. The Hall–Kier alpha value is -3.65. The van der Waals surface area contributed by atoms with Gasteiger partial charge in [-0.3, -0.25) is 9.98 Å². The molecule has 0 bridgehead atoms. The van der Waals surface area contributed by atoms with Crippen molar-refractivity contribution in [2.75, 3.05) is 12.8 Å². The number of aliphatic imine (C=N–C) groups is 1. The second-order valence-corrected chi connectivity index (χ2v) is 8.19. The monoisotopic (exact) mass is 488 g/mol. The lowest BCUT2D eigenvalue weighted by atomic mass is 10.1. The second kappa shape index (κ2) is 8.12. The van der Waals surface area contributed by atoms with E-state index in [0.717, 1.165) is 38.7 Å². The van der Waals surface area contributed by atoms with Crippen LogP contribution >= 0.6 is 15.9 Å². The van der Waals surface area contributed by atoms with E-state index in [1.807, 2.05) is 41.2 Å². The lowest BCUT2D eigenvalue weighted by molar-refractivity contribution is 0.627. The van der Waals surface area contributed by atoms with Crippen molar-refractivity contribution in [3.05, 3.63) is 83.1 Å².